The molecule has 5 nitrogen and oxygen atoms in total. The van der Waals surface area contributed by atoms with Crippen LogP contribution in [0, 0.1) is 5.82 Å². The highest BCUT2D eigenvalue weighted by Gasteiger charge is 2.42. The van der Waals surface area contributed by atoms with E-state index in [0.717, 1.165) is 5.56 Å². The molecule has 0 N–H and O–H groups in total. The van der Waals surface area contributed by atoms with Crippen LogP contribution in [0.4, 0.5) is 4.39 Å². The van der Waals surface area contributed by atoms with E-state index in [1.165, 1.54) is 18.2 Å². The number of hydrogen-bond acceptors (Lipinski definition) is 4. The Bertz CT molecular complexity index is 1380. The van der Waals surface area contributed by atoms with Gasteiger partial charge in [-0.15, -0.1) is 0 Å². The maximum atomic E-state index is 14.3. The van der Waals surface area contributed by atoms with E-state index in [1.807, 2.05) is 30.3 Å². The molecule has 1 aliphatic heterocycles. The molecule has 8 heteroatoms. The van der Waals surface area contributed by atoms with E-state index in [1.54, 1.807) is 36.4 Å². The number of fused-ring (bicyclic) bond motifs is 1. The van der Waals surface area contributed by atoms with Gasteiger partial charge in [0.2, 0.25) is 0 Å². The van der Waals surface area contributed by atoms with E-state index >= 15 is 0 Å². The Morgan fingerprint density at radius 3 is 2.50 bits per heavy atom. The first kappa shape index (κ1) is 22.3. The molecule has 0 fully saturated rings. The van der Waals surface area contributed by atoms with Crippen LogP contribution < -0.4 is 4.74 Å². The fourth-order valence-electron chi connectivity index (χ4n) is 4.14. The van der Waals surface area contributed by atoms with Gasteiger partial charge in [0.25, 0.3) is 5.91 Å². The number of hydrogen-bond donors (Lipinski definition) is 0. The molecule has 4 aromatic rings. The predicted octanol–water partition coefficient (Wildman–Crippen LogP) is 6.34. The Hall–Kier alpha value is -3.48. The molecule has 170 valence electrons. The number of methoxy groups -OCH3 is 1. The summed E-state index contributed by atoms with van der Waals surface area (Å²) in [7, 11) is 1.59. The maximum absolute atomic E-state index is 14.3. The number of halogens is 3. The number of carbonyl (C=O) groups is 1. The van der Waals surface area contributed by atoms with Gasteiger partial charge >= 0.3 is 0 Å². The van der Waals surface area contributed by atoms with Crippen molar-refractivity contribution in [2.45, 2.75) is 12.6 Å². The molecule has 0 saturated heterocycles. The van der Waals surface area contributed by atoms with Gasteiger partial charge in [0.1, 0.15) is 17.3 Å². The normalized spacial score (nSPS) is 14.9. The summed E-state index contributed by atoms with van der Waals surface area (Å²) in [5.74, 6) is -0.0797. The monoisotopic (exact) mass is 493 g/mol. The highest BCUT2D eigenvalue weighted by atomic mass is 35.5. The number of ether oxygens (including phenoxy) is 1. The first-order chi connectivity index (χ1) is 16.5. The molecule has 3 heterocycles. The second kappa shape index (κ2) is 9.05. The van der Waals surface area contributed by atoms with Gasteiger partial charge in [-0.05, 0) is 54.1 Å². The Balaban J connectivity index is 1.65. The van der Waals surface area contributed by atoms with Crippen molar-refractivity contribution in [3.63, 3.8) is 0 Å². The largest absolute Gasteiger partial charge is 0.497 e. The third-order valence-electron chi connectivity index (χ3n) is 5.75. The number of amides is 1. The van der Waals surface area contributed by atoms with Crippen molar-refractivity contribution in [2.24, 2.45) is 0 Å². The third-order valence-corrected chi connectivity index (χ3v) is 6.41. The lowest BCUT2D eigenvalue weighted by Gasteiger charge is -2.27. The van der Waals surface area contributed by atoms with E-state index in [4.69, 9.17) is 27.9 Å². The van der Waals surface area contributed by atoms with Crippen LogP contribution in [0.2, 0.25) is 10.0 Å². The second-order valence-electron chi connectivity index (χ2n) is 7.82. The zero-order valence-electron chi connectivity index (χ0n) is 18.0. The van der Waals surface area contributed by atoms with Crippen LogP contribution in [0.15, 0.2) is 72.9 Å². The van der Waals surface area contributed by atoms with Crippen molar-refractivity contribution in [3.8, 4) is 17.1 Å². The van der Waals surface area contributed by atoms with E-state index in [-0.39, 0.29) is 18.1 Å². The predicted molar refractivity (Wildman–Crippen MR) is 129 cm³/mol. The van der Waals surface area contributed by atoms with Crippen molar-refractivity contribution in [1.29, 1.82) is 0 Å². The summed E-state index contributed by atoms with van der Waals surface area (Å²) in [6, 6.07) is 17.8. The summed E-state index contributed by atoms with van der Waals surface area (Å²) < 4.78 is 19.5. The van der Waals surface area contributed by atoms with Gasteiger partial charge in [0.15, 0.2) is 0 Å². The van der Waals surface area contributed by atoms with E-state index in [0.29, 0.717) is 38.3 Å². The minimum Gasteiger partial charge on any atom is -0.497 e. The summed E-state index contributed by atoms with van der Waals surface area (Å²) in [5.41, 5.74) is 3.07. The third kappa shape index (κ3) is 4.00. The van der Waals surface area contributed by atoms with Crippen LogP contribution in [0.1, 0.15) is 33.2 Å². The fourth-order valence-corrected chi connectivity index (χ4v) is 4.66. The minimum atomic E-state index is -0.703. The number of pyridine rings is 2. The number of nitrogens with zero attached hydrogens (tertiary/aromatic N) is 3. The Labute approximate surface area is 205 Å². The molecule has 1 aliphatic rings. The molecule has 0 aliphatic carbocycles. The molecule has 0 bridgehead atoms. The van der Waals surface area contributed by atoms with Crippen molar-refractivity contribution in [2.75, 3.05) is 7.11 Å². The maximum Gasteiger partial charge on any atom is 0.273 e. The molecule has 0 saturated carbocycles. The van der Waals surface area contributed by atoms with Gasteiger partial charge in [-0.1, -0.05) is 41.4 Å². The van der Waals surface area contributed by atoms with Crippen LogP contribution in [-0.4, -0.2) is 27.9 Å². The van der Waals surface area contributed by atoms with Crippen LogP contribution >= 0.6 is 23.2 Å². The SMILES string of the molecule is COc1ccc(CN2C(=O)c3nc(-c4ccccn4)cc(Cl)c3C2c2cc(F)ccc2Cl)cc1. The first-order valence-electron chi connectivity index (χ1n) is 10.5. The molecular weight excluding hydrogens is 476 g/mol. The summed E-state index contributed by atoms with van der Waals surface area (Å²) in [6.07, 6.45) is 1.64. The molecule has 2 aromatic heterocycles. The van der Waals surface area contributed by atoms with E-state index in [9.17, 15) is 9.18 Å². The summed E-state index contributed by atoms with van der Waals surface area (Å²) in [6.45, 7) is 0.242. The van der Waals surface area contributed by atoms with Gasteiger partial charge in [-0.3, -0.25) is 9.78 Å². The van der Waals surface area contributed by atoms with Gasteiger partial charge in [0, 0.05) is 28.9 Å². The number of carbonyl (C=O) groups excluding carboxylic acids is 1. The van der Waals surface area contributed by atoms with Crippen molar-refractivity contribution >= 4 is 29.1 Å². The lowest BCUT2D eigenvalue weighted by atomic mass is 9.98. The summed E-state index contributed by atoms with van der Waals surface area (Å²) in [5, 5.41) is 0.665. The van der Waals surface area contributed by atoms with Gasteiger partial charge < -0.3 is 9.64 Å². The van der Waals surface area contributed by atoms with E-state index < -0.39 is 11.9 Å². The Kier molecular flexibility index (Phi) is 5.94. The average Bonchev–Trinajstić information content (AvgIpc) is 3.13. The first-order valence-corrected chi connectivity index (χ1v) is 11.2. The lowest BCUT2D eigenvalue weighted by molar-refractivity contribution is 0.0732. The smallest absolute Gasteiger partial charge is 0.273 e. The highest BCUT2D eigenvalue weighted by Crippen LogP contribution is 2.45. The molecule has 34 heavy (non-hydrogen) atoms. The van der Waals surface area contributed by atoms with Crippen LogP contribution in [0.5, 0.6) is 5.75 Å². The molecule has 0 spiro atoms. The Morgan fingerprint density at radius 1 is 1.00 bits per heavy atom. The topological polar surface area (TPSA) is 55.3 Å². The number of aromatic nitrogens is 2. The fraction of sp³-hybridized carbons (Fsp3) is 0.115. The Morgan fingerprint density at radius 2 is 1.79 bits per heavy atom. The molecule has 2 aromatic carbocycles. The lowest BCUT2D eigenvalue weighted by Crippen LogP contribution is -2.28. The second-order valence-corrected chi connectivity index (χ2v) is 8.63. The van der Waals surface area contributed by atoms with E-state index in [2.05, 4.69) is 9.97 Å². The number of benzene rings is 2. The van der Waals surface area contributed by atoms with Gasteiger partial charge in [-0.2, -0.15) is 0 Å². The van der Waals surface area contributed by atoms with Gasteiger partial charge in [0.05, 0.1) is 29.6 Å². The summed E-state index contributed by atoms with van der Waals surface area (Å²) in [4.78, 5) is 24.2. The minimum absolute atomic E-state index is 0.201. The molecule has 1 amide bonds. The zero-order chi connectivity index (χ0) is 23.8. The van der Waals surface area contributed by atoms with Crippen LogP contribution in [0.25, 0.3) is 11.4 Å². The van der Waals surface area contributed by atoms with Crippen LogP contribution in [-0.2, 0) is 6.54 Å². The highest BCUT2D eigenvalue weighted by molar-refractivity contribution is 6.33. The molecule has 1 atom stereocenters. The molecular formula is C26H18Cl2FN3O2. The molecule has 1 unspecified atom stereocenters. The quantitative estimate of drug-likeness (QED) is 0.325. The van der Waals surface area contributed by atoms with Crippen molar-refractivity contribution < 1.29 is 13.9 Å². The zero-order valence-corrected chi connectivity index (χ0v) is 19.5. The van der Waals surface area contributed by atoms with Crippen molar-refractivity contribution in [1.82, 2.24) is 14.9 Å². The average molecular weight is 494 g/mol. The van der Waals surface area contributed by atoms with Crippen LogP contribution in [0.3, 0.4) is 0 Å². The molecule has 0 radical (unpaired) electrons. The summed E-state index contributed by atoms with van der Waals surface area (Å²) >= 11 is 13.2. The van der Waals surface area contributed by atoms with Crippen molar-refractivity contribution in [3.05, 3.63) is 111 Å². The molecule has 5 rings (SSSR count). The van der Waals surface area contributed by atoms with Gasteiger partial charge in [-0.25, -0.2) is 9.37 Å². The standard InChI is InChI=1S/C26H18Cl2FN3O2/c1-34-17-8-5-15(6-9-17)14-32-25(18-12-16(29)7-10-19(18)27)23-20(28)13-22(31-24(23)26(32)33)21-4-2-3-11-30-21/h2-13,25H,14H2,1H3. The number of rotatable bonds is 5.